The van der Waals surface area contributed by atoms with Crippen LogP contribution in [0.25, 0.3) is 0 Å². The zero-order valence-electron chi connectivity index (χ0n) is 10.5. The smallest absolute Gasteiger partial charge is 0.270 e. The highest BCUT2D eigenvalue weighted by molar-refractivity contribution is 6.34. The van der Waals surface area contributed by atoms with Crippen molar-refractivity contribution >= 4 is 28.9 Å². The molecule has 0 radical (unpaired) electrons. The van der Waals surface area contributed by atoms with Gasteiger partial charge in [-0.3, -0.25) is 14.9 Å². The molecule has 0 atom stereocenters. The Morgan fingerprint density at radius 3 is 2.71 bits per heavy atom. The largest absolute Gasteiger partial charge is 0.321 e. The summed E-state index contributed by atoms with van der Waals surface area (Å²) in [5, 5.41) is 22.3. The van der Waals surface area contributed by atoms with Crippen LogP contribution in [0.4, 0.5) is 11.4 Å². The number of nitro groups is 1. The van der Waals surface area contributed by atoms with Crippen LogP contribution < -0.4 is 5.32 Å². The number of nitro benzene ring substituents is 1. The molecule has 0 aliphatic rings. The van der Waals surface area contributed by atoms with Crippen molar-refractivity contribution in [2.24, 2.45) is 0 Å². The monoisotopic (exact) mass is 301 g/mol. The summed E-state index contributed by atoms with van der Waals surface area (Å²) in [7, 11) is 0. The second-order valence-corrected chi connectivity index (χ2v) is 4.48. The third-order valence-electron chi connectivity index (χ3n) is 2.66. The van der Waals surface area contributed by atoms with Crippen molar-refractivity contribution in [3.63, 3.8) is 0 Å². The Balaban J connectivity index is 2.28. The van der Waals surface area contributed by atoms with Gasteiger partial charge in [-0.25, -0.2) is 0 Å². The molecule has 0 aliphatic heterocycles. The third kappa shape index (κ3) is 3.35. The van der Waals surface area contributed by atoms with Crippen LogP contribution in [0.1, 0.15) is 15.9 Å². The molecule has 0 aromatic heterocycles. The molecule has 0 spiro atoms. The van der Waals surface area contributed by atoms with E-state index in [4.69, 9.17) is 16.9 Å². The van der Waals surface area contributed by atoms with E-state index in [2.05, 4.69) is 5.32 Å². The molecule has 0 fully saturated rings. The fourth-order valence-corrected chi connectivity index (χ4v) is 1.81. The van der Waals surface area contributed by atoms with Gasteiger partial charge < -0.3 is 5.32 Å². The summed E-state index contributed by atoms with van der Waals surface area (Å²) in [6.45, 7) is 0. The summed E-state index contributed by atoms with van der Waals surface area (Å²) in [4.78, 5) is 22.2. The molecule has 104 valence electrons. The number of nitriles is 1. The Morgan fingerprint density at radius 1 is 1.29 bits per heavy atom. The van der Waals surface area contributed by atoms with E-state index < -0.39 is 10.8 Å². The Morgan fingerprint density at radius 2 is 2.05 bits per heavy atom. The SMILES string of the molecule is N#Cc1ccc(Cl)c(NC(=O)c2cccc([N+](=O)[O-])c2)c1. The van der Waals surface area contributed by atoms with E-state index in [0.717, 1.165) is 6.07 Å². The first kappa shape index (κ1) is 14.5. The first-order valence-corrected chi connectivity index (χ1v) is 6.14. The van der Waals surface area contributed by atoms with E-state index in [9.17, 15) is 14.9 Å². The third-order valence-corrected chi connectivity index (χ3v) is 2.99. The molecule has 0 saturated heterocycles. The summed E-state index contributed by atoms with van der Waals surface area (Å²) >= 11 is 5.93. The maximum Gasteiger partial charge on any atom is 0.270 e. The summed E-state index contributed by atoms with van der Waals surface area (Å²) in [5.41, 5.74) is 0.558. The van der Waals surface area contributed by atoms with Gasteiger partial charge in [-0.15, -0.1) is 0 Å². The highest BCUT2D eigenvalue weighted by atomic mass is 35.5. The molecule has 0 bridgehead atoms. The minimum Gasteiger partial charge on any atom is -0.321 e. The van der Waals surface area contributed by atoms with Gasteiger partial charge in [-0.2, -0.15) is 5.26 Å². The summed E-state index contributed by atoms with van der Waals surface area (Å²) in [6, 6.07) is 11.7. The minimum atomic E-state index is -0.583. The molecule has 0 saturated carbocycles. The second kappa shape index (κ2) is 6.03. The van der Waals surface area contributed by atoms with Crippen molar-refractivity contribution in [1.82, 2.24) is 0 Å². The van der Waals surface area contributed by atoms with Crippen molar-refractivity contribution < 1.29 is 9.72 Å². The number of carbonyl (C=O) groups is 1. The van der Waals surface area contributed by atoms with Crippen LogP contribution in [-0.4, -0.2) is 10.8 Å². The lowest BCUT2D eigenvalue weighted by molar-refractivity contribution is -0.384. The van der Waals surface area contributed by atoms with Crippen LogP contribution in [0, 0.1) is 21.4 Å². The average molecular weight is 302 g/mol. The molecule has 0 heterocycles. The van der Waals surface area contributed by atoms with Gasteiger partial charge in [0.2, 0.25) is 0 Å². The lowest BCUT2D eigenvalue weighted by Gasteiger charge is -2.07. The van der Waals surface area contributed by atoms with Crippen LogP contribution in [0.2, 0.25) is 5.02 Å². The quantitative estimate of drug-likeness (QED) is 0.694. The molecule has 6 nitrogen and oxygen atoms in total. The van der Waals surface area contributed by atoms with Crippen LogP contribution in [-0.2, 0) is 0 Å². The van der Waals surface area contributed by atoms with Crippen molar-refractivity contribution in [1.29, 1.82) is 5.26 Å². The standard InChI is InChI=1S/C14H8ClN3O3/c15-12-5-4-9(8-16)6-13(12)17-14(19)10-2-1-3-11(7-10)18(20)21/h1-7H,(H,17,19). The number of halogens is 1. The van der Waals surface area contributed by atoms with Gasteiger partial charge in [0.1, 0.15) is 0 Å². The maximum atomic E-state index is 12.1. The van der Waals surface area contributed by atoms with Gasteiger partial charge in [-0.05, 0) is 24.3 Å². The van der Waals surface area contributed by atoms with Crippen LogP contribution in [0.15, 0.2) is 42.5 Å². The number of carbonyl (C=O) groups excluding carboxylic acids is 1. The van der Waals surface area contributed by atoms with E-state index in [0.29, 0.717) is 5.56 Å². The number of hydrogen-bond acceptors (Lipinski definition) is 4. The zero-order chi connectivity index (χ0) is 15.4. The lowest BCUT2D eigenvalue weighted by Crippen LogP contribution is -2.12. The number of nitrogens with zero attached hydrogens (tertiary/aromatic N) is 2. The fraction of sp³-hybridized carbons (Fsp3) is 0. The van der Waals surface area contributed by atoms with Gasteiger partial charge >= 0.3 is 0 Å². The van der Waals surface area contributed by atoms with E-state index in [1.807, 2.05) is 6.07 Å². The van der Waals surface area contributed by atoms with Crippen LogP contribution in [0.5, 0.6) is 0 Å². The van der Waals surface area contributed by atoms with E-state index in [-0.39, 0.29) is 22.0 Å². The van der Waals surface area contributed by atoms with Gasteiger partial charge in [0.05, 0.1) is 27.3 Å². The number of benzene rings is 2. The van der Waals surface area contributed by atoms with Crippen LogP contribution in [0.3, 0.4) is 0 Å². The predicted molar refractivity (Wildman–Crippen MR) is 77.2 cm³/mol. The van der Waals surface area contributed by atoms with Gasteiger partial charge in [0.25, 0.3) is 11.6 Å². The number of non-ortho nitro benzene ring substituents is 1. The predicted octanol–water partition coefficient (Wildman–Crippen LogP) is 3.37. The molecule has 0 unspecified atom stereocenters. The molecule has 2 aromatic rings. The number of anilines is 1. The average Bonchev–Trinajstić information content (AvgIpc) is 2.49. The van der Waals surface area contributed by atoms with Crippen molar-refractivity contribution in [3.8, 4) is 6.07 Å². The highest BCUT2D eigenvalue weighted by Gasteiger charge is 2.13. The molecule has 0 aliphatic carbocycles. The Hall–Kier alpha value is -2.91. The Bertz CT molecular complexity index is 768. The maximum absolute atomic E-state index is 12.1. The number of nitrogens with one attached hydrogen (secondary N) is 1. The first-order chi connectivity index (χ1) is 10.0. The molecular formula is C14H8ClN3O3. The highest BCUT2D eigenvalue weighted by Crippen LogP contribution is 2.24. The molecule has 2 aromatic carbocycles. The normalized spacial score (nSPS) is 9.71. The summed E-state index contributed by atoms with van der Waals surface area (Å²) < 4.78 is 0. The second-order valence-electron chi connectivity index (χ2n) is 4.07. The Labute approximate surface area is 124 Å². The van der Waals surface area contributed by atoms with E-state index in [1.165, 1.54) is 36.4 Å². The van der Waals surface area contributed by atoms with E-state index >= 15 is 0 Å². The lowest BCUT2D eigenvalue weighted by atomic mass is 10.1. The van der Waals surface area contributed by atoms with Crippen molar-refractivity contribution in [2.45, 2.75) is 0 Å². The first-order valence-electron chi connectivity index (χ1n) is 5.76. The van der Waals surface area contributed by atoms with Crippen molar-refractivity contribution in [2.75, 3.05) is 5.32 Å². The van der Waals surface area contributed by atoms with Gasteiger partial charge in [0, 0.05) is 17.7 Å². The number of hydrogen-bond donors (Lipinski definition) is 1. The van der Waals surface area contributed by atoms with Gasteiger partial charge in [0.15, 0.2) is 0 Å². The fourth-order valence-electron chi connectivity index (χ4n) is 1.65. The molecule has 2 rings (SSSR count). The number of amides is 1. The zero-order valence-corrected chi connectivity index (χ0v) is 11.3. The van der Waals surface area contributed by atoms with Crippen LogP contribution >= 0.6 is 11.6 Å². The Kier molecular flexibility index (Phi) is 4.16. The topological polar surface area (TPSA) is 96.0 Å². The summed E-state index contributed by atoms with van der Waals surface area (Å²) in [5.74, 6) is -0.546. The molecule has 1 N–H and O–H groups in total. The summed E-state index contributed by atoms with van der Waals surface area (Å²) in [6.07, 6.45) is 0. The number of rotatable bonds is 3. The molecule has 7 heteroatoms. The van der Waals surface area contributed by atoms with Gasteiger partial charge in [-0.1, -0.05) is 17.7 Å². The van der Waals surface area contributed by atoms with Crippen molar-refractivity contribution in [3.05, 3.63) is 68.7 Å². The minimum absolute atomic E-state index is 0.127. The molecular weight excluding hydrogens is 294 g/mol. The molecule has 1 amide bonds. The molecule has 21 heavy (non-hydrogen) atoms. The van der Waals surface area contributed by atoms with E-state index in [1.54, 1.807) is 0 Å².